The lowest BCUT2D eigenvalue weighted by Crippen LogP contribution is -2.35. The van der Waals surface area contributed by atoms with Crippen LogP contribution in [0.25, 0.3) is 0 Å². The fraction of sp³-hybridized carbons (Fsp3) is 0.562. The van der Waals surface area contributed by atoms with E-state index < -0.39 is 0 Å². The molecule has 1 aliphatic heterocycles. The summed E-state index contributed by atoms with van der Waals surface area (Å²) in [5.41, 5.74) is 7.55. The first-order valence-electron chi connectivity index (χ1n) is 7.35. The van der Waals surface area contributed by atoms with Crippen molar-refractivity contribution in [3.8, 4) is 0 Å². The molecular weight excluding hydrogens is 248 g/mol. The molecule has 0 amide bonds. The van der Waals surface area contributed by atoms with Crippen LogP contribution in [0.4, 0.5) is 0 Å². The fourth-order valence-corrected chi connectivity index (χ4v) is 2.85. The standard InChI is InChI=1S/C16H26N4/c1-19-9-7-14(8-10-19)12-20(2)11-13-3-5-15(6-4-13)16(17)18/h3-6,14H,7-12H2,1-2H3,(H3,17,18). The van der Waals surface area contributed by atoms with E-state index in [9.17, 15) is 0 Å². The van der Waals surface area contributed by atoms with E-state index in [1.165, 1.54) is 38.0 Å². The zero-order valence-corrected chi connectivity index (χ0v) is 12.6. The van der Waals surface area contributed by atoms with Crippen molar-refractivity contribution in [2.45, 2.75) is 19.4 Å². The van der Waals surface area contributed by atoms with Gasteiger partial charge in [-0.15, -0.1) is 0 Å². The Bertz CT molecular complexity index is 432. The smallest absolute Gasteiger partial charge is 0.122 e. The molecule has 110 valence electrons. The third kappa shape index (κ3) is 4.32. The minimum atomic E-state index is 0.135. The molecule has 1 heterocycles. The van der Waals surface area contributed by atoms with Gasteiger partial charge in [0.2, 0.25) is 0 Å². The first-order valence-corrected chi connectivity index (χ1v) is 7.35. The maximum atomic E-state index is 7.40. The molecule has 3 N–H and O–H groups in total. The lowest BCUT2D eigenvalue weighted by atomic mass is 9.96. The van der Waals surface area contributed by atoms with Crippen molar-refractivity contribution in [3.63, 3.8) is 0 Å². The number of hydrogen-bond acceptors (Lipinski definition) is 3. The molecule has 1 aliphatic rings. The van der Waals surface area contributed by atoms with Gasteiger partial charge in [-0.25, -0.2) is 0 Å². The number of nitrogens with one attached hydrogen (secondary N) is 1. The summed E-state index contributed by atoms with van der Waals surface area (Å²) in [4.78, 5) is 4.82. The Morgan fingerprint density at radius 1 is 1.30 bits per heavy atom. The second-order valence-electron chi connectivity index (χ2n) is 6.05. The summed E-state index contributed by atoms with van der Waals surface area (Å²) in [6.45, 7) is 4.59. The molecule has 1 aromatic carbocycles. The number of nitrogens with zero attached hydrogens (tertiary/aromatic N) is 2. The number of piperidine rings is 1. The van der Waals surface area contributed by atoms with E-state index in [2.05, 4.69) is 36.0 Å². The summed E-state index contributed by atoms with van der Waals surface area (Å²) < 4.78 is 0. The average Bonchev–Trinajstić information content (AvgIpc) is 2.42. The number of benzene rings is 1. The second kappa shape index (κ2) is 6.86. The van der Waals surface area contributed by atoms with E-state index >= 15 is 0 Å². The predicted molar refractivity (Wildman–Crippen MR) is 84.0 cm³/mol. The van der Waals surface area contributed by atoms with Crippen molar-refractivity contribution in [1.82, 2.24) is 9.80 Å². The molecule has 0 spiro atoms. The van der Waals surface area contributed by atoms with E-state index in [1.807, 2.05) is 12.1 Å². The molecule has 2 rings (SSSR count). The van der Waals surface area contributed by atoms with Crippen LogP contribution in [0, 0.1) is 11.3 Å². The van der Waals surface area contributed by atoms with Crippen LogP contribution in [0.15, 0.2) is 24.3 Å². The average molecular weight is 274 g/mol. The lowest BCUT2D eigenvalue weighted by molar-refractivity contribution is 0.173. The minimum absolute atomic E-state index is 0.135. The first-order chi connectivity index (χ1) is 9.54. The number of rotatable bonds is 5. The molecular formula is C16H26N4. The Morgan fingerprint density at radius 2 is 1.90 bits per heavy atom. The monoisotopic (exact) mass is 274 g/mol. The van der Waals surface area contributed by atoms with Crippen molar-refractivity contribution in [1.29, 1.82) is 5.41 Å². The van der Waals surface area contributed by atoms with Crippen molar-refractivity contribution < 1.29 is 0 Å². The summed E-state index contributed by atoms with van der Waals surface area (Å²) >= 11 is 0. The Kier molecular flexibility index (Phi) is 5.15. The van der Waals surface area contributed by atoms with Gasteiger partial charge < -0.3 is 15.5 Å². The zero-order valence-electron chi connectivity index (χ0n) is 12.6. The minimum Gasteiger partial charge on any atom is -0.384 e. The van der Waals surface area contributed by atoms with Crippen molar-refractivity contribution in [2.75, 3.05) is 33.7 Å². The number of likely N-dealkylation sites (tertiary alicyclic amines) is 1. The van der Waals surface area contributed by atoms with E-state index in [1.54, 1.807) is 0 Å². The molecule has 0 unspecified atom stereocenters. The van der Waals surface area contributed by atoms with Gasteiger partial charge in [-0.05, 0) is 51.5 Å². The molecule has 1 aromatic rings. The first kappa shape index (κ1) is 15.0. The molecule has 0 saturated carbocycles. The predicted octanol–water partition coefficient (Wildman–Crippen LogP) is 1.74. The van der Waals surface area contributed by atoms with Crippen molar-refractivity contribution in [2.24, 2.45) is 11.7 Å². The lowest BCUT2D eigenvalue weighted by Gasteiger charge is -2.31. The third-order valence-electron chi connectivity index (χ3n) is 4.13. The number of hydrogen-bond donors (Lipinski definition) is 2. The van der Waals surface area contributed by atoms with E-state index in [0.29, 0.717) is 0 Å². The molecule has 0 aromatic heterocycles. The molecule has 4 heteroatoms. The number of amidine groups is 1. The summed E-state index contributed by atoms with van der Waals surface area (Å²) in [7, 11) is 4.40. The highest BCUT2D eigenvalue weighted by atomic mass is 15.1. The maximum Gasteiger partial charge on any atom is 0.122 e. The Labute approximate surface area is 122 Å². The van der Waals surface area contributed by atoms with Crippen molar-refractivity contribution >= 4 is 5.84 Å². The second-order valence-corrected chi connectivity index (χ2v) is 6.05. The highest BCUT2D eigenvalue weighted by Gasteiger charge is 2.18. The largest absolute Gasteiger partial charge is 0.384 e. The van der Waals surface area contributed by atoms with Crippen molar-refractivity contribution in [3.05, 3.63) is 35.4 Å². The van der Waals surface area contributed by atoms with Gasteiger partial charge in [0.05, 0.1) is 0 Å². The van der Waals surface area contributed by atoms with E-state index in [4.69, 9.17) is 11.1 Å². The normalized spacial score (nSPS) is 17.6. The SMILES string of the molecule is CN1CCC(CN(C)Cc2ccc(C(=N)N)cc2)CC1. The third-order valence-corrected chi connectivity index (χ3v) is 4.13. The molecule has 1 fully saturated rings. The molecule has 0 atom stereocenters. The summed E-state index contributed by atoms with van der Waals surface area (Å²) in [6, 6.07) is 8.01. The summed E-state index contributed by atoms with van der Waals surface area (Å²) in [5, 5.41) is 7.40. The van der Waals surface area contributed by atoms with Gasteiger partial charge in [-0.3, -0.25) is 5.41 Å². The van der Waals surface area contributed by atoms with E-state index in [-0.39, 0.29) is 5.84 Å². The summed E-state index contributed by atoms with van der Waals surface area (Å²) in [6.07, 6.45) is 2.62. The van der Waals surface area contributed by atoms with Crippen LogP contribution in [0.1, 0.15) is 24.0 Å². The highest BCUT2D eigenvalue weighted by Crippen LogP contribution is 2.17. The zero-order chi connectivity index (χ0) is 14.5. The molecule has 20 heavy (non-hydrogen) atoms. The Morgan fingerprint density at radius 3 is 2.45 bits per heavy atom. The van der Waals surface area contributed by atoms with Gasteiger partial charge in [-0.1, -0.05) is 24.3 Å². The topological polar surface area (TPSA) is 56.4 Å². The van der Waals surface area contributed by atoms with Gasteiger partial charge >= 0.3 is 0 Å². The quantitative estimate of drug-likeness (QED) is 0.635. The van der Waals surface area contributed by atoms with Crippen LogP contribution in [-0.4, -0.2) is 49.4 Å². The summed E-state index contributed by atoms with van der Waals surface area (Å²) in [5.74, 6) is 0.962. The van der Waals surface area contributed by atoms with Crippen LogP contribution in [-0.2, 0) is 6.54 Å². The van der Waals surface area contributed by atoms with Crippen LogP contribution < -0.4 is 5.73 Å². The Balaban J connectivity index is 1.81. The molecule has 4 nitrogen and oxygen atoms in total. The fourth-order valence-electron chi connectivity index (χ4n) is 2.85. The molecule has 0 radical (unpaired) electrons. The van der Waals surface area contributed by atoms with E-state index in [0.717, 1.165) is 18.0 Å². The van der Waals surface area contributed by atoms with Crippen LogP contribution in [0.2, 0.25) is 0 Å². The van der Waals surface area contributed by atoms with Gasteiger partial charge in [0.15, 0.2) is 0 Å². The van der Waals surface area contributed by atoms with Gasteiger partial charge in [0, 0.05) is 18.7 Å². The Hall–Kier alpha value is -1.39. The van der Waals surface area contributed by atoms with Crippen LogP contribution >= 0.6 is 0 Å². The maximum absolute atomic E-state index is 7.40. The van der Waals surface area contributed by atoms with Crippen LogP contribution in [0.5, 0.6) is 0 Å². The number of nitrogen functional groups attached to an aromatic ring is 1. The number of nitrogens with two attached hydrogens (primary N) is 1. The molecule has 1 saturated heterocycles. The van der Waals surface area contributed by atoms with Gasteiger partial charge in [-0.2, -0.15) is 0 Å². The van der Waals surface area contributed by atoms with Crippen LogP contribution in [0.3, 0.4) is 0 Å². The molecule has 0 bridgehead atoms. The van der Waals surface area contributed by atoms with Gasteiger partial charge in [0.25, 0.3) is 0 Å². The molecule has 0 aliphatic carbocycles. The highest BCUT2D eigenvalue weighted by molar-refractivity contribution is 5.94. The van der Waals surface area contributed by atoms with Gasteiger partial charge in [0.1, 0.15) is 5.84 Å².